The topological polar surface area (TPSA) is 187 Å². The van der Waals surface area contributed by atoms with E-state index in [0.29, 0.717) is 23.4 Å². The Hall–Kier alpha value is -6.29. The van der Waals surface area contributed by atoms with Gasteiger partial charge in [0.1, 0.15) is 11.6 Å². The summed E-state index contributed by atoms with van der Waals surface area (Å²) in [6, 6.07) is 6.68. The molecule has 0 bridgehead atoms. The van der Waals surface area contributed by atoms with Crippen LogP contribution in [0.15, 0.2) is 73.6 Å². The molecule has 23 heteroatoms. The van der Waals surface area contributed by atoms with Gasteiger partial charge in [-0.1, -0.05) is 0 Å². The minimum Gasteiger partial charge on any atom is -0.449 e. The number of nitrogens with zero attached hydrogens (tertiary/aromatic N) is 8. The van der Waals surface area contributed by atoms with E-state index in [1.807, 2.05) is 0 Å². The predicted molar refractivity (Wildman–Crippen MR) is 157 cm³/mol. The number of rotatable bonds is 9. The minimum atomic E-state index is -4.84. The molecule has 0 aliphatic rings. The van der Waals surface area contributed by atoms with Crippen LogP contribution in [-0.2, 0) is 62.4 Å². The van der Waals surface area contributed by atoms with E-state index in [4.69, 9.17) is 5.73 Å². The summed E-state index contributed by atoms with van der Waals surface area (Å²) in [5.74, 6) is -5.16. The summed E-state index contributed by atoms with van der Waals surface area (Å²) in [5.41, 5.74) is 3.15. The summed E-state index contributed by atoms with van der Waals surface area (Å²) in [4.78, 5) is 71.3. The molecular formula is C30H24F9N9O5. The number of carbonyl (C=O) groups is 4. The van der Waals surface area contributed by atoms with Gasteiger partial charge in [0.15, 0.2) is 6.61 Å². The first-order valence-corrected chi connectivity index (χ1v) is 14.4. The van der Waals surface area contributed by atoms with Crippen molar-refractivity contribution < 1.29 is 63.4 Å². The van der Waals surface area contributed by atoms with E-state index in [2.05, 4.69) is 34.6 Å². The van der Waals surface area contributed by atoms with E-state index >= 15 is 0 Å². The molecule has 4 heterocycles. The molecule has 0 unspecified atom stereocenters. The van der Waals surface area contributed by atoms with E-state index in [1.165, 1.54) is 30.9 Å². The van der Waals surface area contributed by atoms with E-state index < -0.39 is 73.0 Å². The fourth-order valence-electron chi connectivity index (χ4n) is 3.82. The van der Waals surface area contributed by atoms with Crippen LogP contribution in [0.1, 0.15) is 34.2 Å². The van der Waals surface area contributed by atoms with Crippen LogP contribution in [0.2, 0.25) is 0 Å². The number of primary amides is 1. The smallest absolute Gasteiger partial charge is 0.422 e. The number of alkyl halides is 9. The molecule has 0 spiro atoms. The zero-order valence-corrected chi connectivity index (χ0v) is 26.6. The highest BCUT2D eigenvalue weighted by Gasteiger charge is 2.34. The Labute approximate surface area is 291 Å². The first-order chi connectivity index (χ1) is 24.7. The van der Waals surface area contributed by atoms with Gasteiger partial charge in [-0.2, -0.15) is 39.5 Å². The number of pyridine rings is 2. The average molecular weight is 762 g/mol. The van der Waals surface area contributed by atoms with Crippen molar-refractivity contribution in [2.45, 2.75) is 44.7 Å². The third-order valence-electron chi connectivity index (χ3n) is 6.24. The fourth-order valence-corrected chi connectivity index (χ4v) is 3.82. The number of nitrogens with two attached hydrogens (primary N) is 1. The van der Waals surface area contributed by atoms with Crippen molar-refractivity contribution in [3.8, 4) is 0 Å². The molecule has 0 aromatic carbocycles. The van der Waals surface area contributed by atoms with Gasteiger partial charge >= 0.3 is 42.2 Å². The maximum Gasteiger partial charge on any atom is 0.422 e. The van der Waals surface area contributed by atoms with Crippen LogP contribution in [0, 0.1) is 0 Å². The maximum absolute atomic E-state index is 12.6. The van der Waals surface area contributed by atoms with Gasteiger partial charge in [-0.3, -0.25) is 24.4 Å². The lowest BCUT2D eigenvalue weighted by atomic mass is 10.2. The number of amides is 3. The lowest BCUT2D eigenvalue weighted by Gasteiger charge is -2.21. The zero-order chi connectivity index (χ0) is 39.4. The summed E-state index contributed by atoms with van der Waals surface area (Å²) in [6.45, 7) is -3.21. The normalized spacial score (nSPS) is 11.5. The summed E-state index contributed by atoms with van der Waals surface area (Å²) >= 11 is 0. The molecule has 4 rings (SSSR count). The summed E-state index contributed by atoms with van der Waals surface area (Å²) in [5, 5.41) is 0. The van der Waals surface area contributed by atoms with E-state index in [9.17, 15) is 58.7 Å². The minimum absolute atomic E-state index is 0.0383. The highest BCUT2D eigenvalue weighted by Crippen LogP contribution is 2.29. The number of ether oxygens (including phenoxy) is 1. The van der Waals surface area contributed by atoms with Gasteiger partial charge in [-0.05, 0) is 36.4 Å². The molecular weight excluding hydrogens is 737 g/mol. The van der Waals surface area contributed by atoms with E-state index in [-0.39, 0.29) is 36.1 Å². The van der Waals surface area contributed by atoms with Gasteiger partial charge in [0, 0.05) is 37.2 Å². The Kier molecular flexibility index (Phi) is 13.8. The molecule has 4 aromatic rings. The Bertz CT molecular complexity index is 1830. The largest absolute Gasteiger partial charge is 0.449 e. The molecule has 0 radical (unpaired) electrons. The molecule has 0 saturated heterocycles. The number of carbonyl (C=O) groups excluding carboxylic acids is 4. The van der Waals surface area contributed by atoms with Crippen molar-refractivity contribution in [3.63, 3.8) is 0 Å². The standard InChI is InChI=1S/C16H12F6N4O3.C14H12F3N5O2/c17-15(18,19)9-29-14(28)13(27)26(8-12-23-4-1-5-24-12)7-11-3-2-10(6-25-11)16(20,21)22;15-14(16,17)9-2-3-10(21-6-9)7-22(13(24)12(18)23)8-11-19-4-1-5-20-11/h1-6H,7-9H2;1-6H,7-8H2,(H2,18,23). The third kappa shape index (κ3) is 13.7. The van der Waals surface area contributed by atoms with Crippen molar-refractivity contribution in [1.29, 1.82) is 0 Å². The molecule has 0 aliphatic carbocycles. The first kappa shape index (κ1) is 41.1. The van der Waals surface area contributed by atoms with Crippen molar-refractivity contribution >= 4 is 23.7 Å². The average Bonchev–Trinajstić information content (AvgIpc) is 3.10. The fraction of sp³-hybridized carbons (Fsp3) is 0.267. The molecule has 282 valence electrons. The third-order valence-corrected chi connectivity index (χ3v) is 6.24. The Morgan fingerprint density at radius 1 is 0.585 bits per heavy atom. The molecule has 2 N–H and O–H groups in total. The quantitative estimate of drug-likeness (QED) is 0.150. The Morgan fingerprint density at radius 3 is 1.30 bits per heavy atom. The molecule has 14 nitrogen and oxygen atoms in total. The van der Waals surface area contributed by atoms with Crippen molar-refractivity contribution in [3.05, 3.63) is 108 Å². The van der Waals surface area contributed by atoms with Crippen molar-refractivity contribution in [2.75, 3.05) is 6.61 Å². The molecule has 0 atom stereocenters. The molecule has 4 aromatic heterocycles. The van der Waals surface area contributed by atoms with Crippen LogP contribution >= 0.6 is 0 Å². The molecule has 0 fully saturated rings. The number of halogens is 9. The highest BCUT2D eigenvalue weighted by molar-refractivity contribution is 6.34. The molecule has 3 amide bonds. The molecule has 0 saturated carbocycles. The Balaban J connectivity index is 0.000000290. The molecule has 53 heavy (non-hydrogen) atoms. The van der Waals surface area contributed by atoms with Gasteiger partial charge < -0.3 is 20.3 Å². The number of esters is 1. The first-order valence-electron chi connectivity index (χ1n) is 14.4. The lowest BCUT2D eigenvalue weighted by Crippen LogP contribution is -2.40. The predicted octanol–water partition coefficient (Wildman–Crippen LogP) is 3.43. The second-order valence-electron chi connectivity index (χ2n) is 10.3. The van der Waals surface area contributed by atoms with Crippen LogP contribution in [0.5, 0.6) is 0 Å². The van der Waals surface area contributed by atoms with Gasteiger partial charge in [0.05, 0.1) is 48.7 Å². The van der Waals surface area contributed by atoms with Crippen molar-refractivity contribution in [2.24, 2.45) is 5.73 Å². The van der Waals surface area contributed by atoms with Gasteiger partial charge in [-0.15, -0.1) is 0 Å². The van der Waals surface area contributed by atoms with E-state index in [1.54, 1.807) is 6.07 Å². The van der Waals surface area contributed by atoms with Gasteiger partial charge in [-0.25, -0.2) is 24.7 Å². The number of hydrogen-bond donors (Lipinski definition) is 1. The summed E-state index contributed by atoms with van der Waals surface area (Å²) < 4.78 is 116. The monoisotopic (exact) mass is 761 g/mol. The zero-order valence-electron chi connectivity index (χ0n) is 26.6. The van der Waals surface area contributed by atoms with Crippen LogP contribution < -0.4 is 5.73 Å². The summed E-state index contributed by atoms with van der Waals surface area (Å²) in [7, 11) is 0. The second-order valence-corrected chi connectivity index (χ2v) is 10.3. The molecule has 0 aliphatic heterocycles. The SMILES string of the molecule is NC(=O)C(=O)N(Cc1ccc(C(F)(F)F)cn1)Cc1ncccn1.O=C(OCC(F)(F)F)C(=O)N(Cc1ccc(C(F)(F)F)cn1)Cc1ncccn1. The number of hydrogen-bond acceptors (Lipinski definition) is 11. The van der Waals surface area contributed by atoms with Gasteiger partial charge in [0.2, 0.25) is 0 Å². The van der Waals surface area contributed by atoms with Crippen LogP contribution in [0.25, 0.3) is 0 Å². The highest BCUT2D eigenvalue weighted by atomic mass is 19.4. The lowest BCUT2D eigenvalue weighted by molar-refractivity contribution is -0.189. The summed E-state index contributed by atoms with van der Waals surface area (Å²) in [6.07, 6.45) is -7.24. The van der Waals surface area contributed by atoms with Crippen LogP contribution in [0.3, 0.4) is 0 Å². The van der Waals surface area contributed by atoms with Crippen LogP contribution in [0.4, 0.5) is 39.5 Å². The van der Waals surface area contributed by atoms with Crippen LogP contribution in [-0.4, -0.2) is 76.2 Å². The van der Waals surface area contributed by atoms with Gasteiger partial charge in [0.25, 0.3) is 0 Å². The maximum atomic E-state index is 12.6. The number of aromatic nitrogens is 6. The second kappa shape index (κ2) is 17.8. The van der Waals surface area contributed by atoms with Crippen molar-refractivity contribution in [1.82, 2.24) is 39.7 Å². The van der Waals surface area contributed by atoms with E-state index in [0.717, 1.165) is 23.1 Å². The Morgan fingerprint density at radius 2 is 0.981 bits per heavy atom.